The van der Waals surface area contributed by atoms with Gasteiger partial charge in [-0.3, -0.25) is 15.3 Å². The molecule has 0 fully saturated rings. The Bertz CT molecular complexity index is 1250. The summed E-state index contributed by atoms with van der Waals surface area (Å²) in [6.45, 7) is 10.9. The van der Waals surface area contributed by atoms with Crippen LogP contribution in [-0.4, -0.2) is 65.4 Å². The Kier molecular flexibility index (Phi) is 6.62. The number of hydrogen-bond acceptors (Lipinski definition) is 8. The van der Waals surface area contributed by atoms with Crippen LogP contribution in [0, 0.1) is 0 Å². The van der Waals surface area contributed by atoms with E-state index in [1.54, 1.807) is 60.1 Å². The Labute approximate surface area is 196 Å². The molecule has 3 rings (SSSR count). The molecule has 12 nitrogen and oxygen atoms in total. The van der Waals surface area contributed by atoms with Gasteiger partial charge in [0, 0.05) is 18.3 Å². The topological polar surface area (TPSA) is 161 Å². The minimum Gasteiger partial charge on any atom is -0.465 e. The number of nitrogens with zero attached hydrogens (tertiary/aromatic N) is 6. The first-order chi connectivity index (χ1) is 15.8. The number of carbonyl (C=O) groups is 2. The van der Waals surface area contributed by atoms with Gasteiger partial charge in [-0.05, 0) is 53.7 Å². The molecule has 12 heteroatoms. The van der Waals surface area contributed by atoms with Crippen molar-refractivity contribution >= 4 is 46.0 Å². The van der Waals surface area contributed by atoms with Crippen molar-refractivity contribution in [2.75, 3.05) is 12.3 Å². The van der Waals surface area contributed by atoms with Crippen molar-refractivity contribution in [1.29, 1.82) is 0 Å². The molecule has 0 spiro atoms. The number of amides is 2. The summed E-state index contributed by atoms with van der Waals surface area (Å²) in [6.07, 6.45) is 1.20. The van der Waals surface area contributed by atoms with Crippen LogP contribution in [-0.2, 0) is 11.3 Å². The maximum absolute atomic E-state index is 12.9. The Balaban J connectivity index is 1.96. The fraction of sp³-hybridized carbons (Fsp3) is 0.455. The van der Waals surface area contributed by atoms with Crippen molar-refractivity contribution in [2.45, 2.75) is 59.2 Å². The van der Waals surface area contributed by atoms with Gasteiger partial charge < -0.3 is 20.1 Å². The molecule has 3 heterocycles. The van der Waals surface area contributed by atoms with E-state index in [9.17, 15) is 14.7 Å². The number of aromatic nitrogens is 4. The number of anilines is 1. The smallest absolute Gasteiger partial charge is 0.417 e. The van der Waals surface area contributed by atoms with Crippen molar-refractivity contribution < 1.29 is 19.4 Å². The van der Waals surface area contributed by atoms with Crippen LogP contribution in [0.1, 0.15) is 41.5 Å². The second-order valence-electron chi connectivity index (χ2n) is 9.63. The normalized spacial score (nSPS) is 12.7. The number of hydrogen-bond donors (Lipinski definition) is 3. The maximum Gasteiger partial charge on any atom is 0.417 e. The number of pyridine rings is 2. The number of imidazole rings is 1. The molecule has 4 N–H and O–H groups in total. The van der Waals surface area contributed by atoms with Gasteiger partial charge in [-0.2, -0.15) is 0 Å². The Morgan fingerprint density at radius 3 is 2.53 bits per heavy atom. The lowest BCUT2D eigenvalue weighted by Gasteiger charge is -2.36. The van der Waals surface area contributed by atoms with Crippen molar-refractivity contribution in [2.24, 2.45) is 4.99 Å². The number of aliphatic imine (C=N–C) groups is 1. The zero-order chi connectivity index (χ0) is 25.3. The molecule has 0 saturated heterocycles. The molecule has 34 heavy (non-hydrogen) atoms. The maximum atomic E-state index is 12.9. The van der Waals surface area contributed by atoms with Gasteiger partial charge in [0.1, 0.15) is 22.2 Å². The van der Waals surface area contributed by atoms with Crippen LogP contribution < -0.4 is 11.1 Å². The van der Waals surface area contributed by atoms with E-state index in [2.05, 4.69) is 25.3 Å². The number of carboxylic acid groups (broad SMARTS) is 1. The van der Waals surface area contributed by atoms with Crippen molar-refractivity contribution in [1.82, 2.24) is 29.7 Å². The third-order valence-electron chi connectivity index (χ3n) is 4.61. The fourth-order valence-electron chi connectivity index (χ4n) is 3.35. The third-order valence-corrected chi connectivity index (χ3v) is 4.61. The largest absolute Gasteiger partial charge is 0.465 e. The highest BCUT2D eigenvalue weighted by Crippen LogP contribution is 2.25. The number of guanidine groups is 1. The molecule has 0 unspecified atom stereocenters. The number of carbonyl (C=O) groups excluding carboxylic acids is 1. The molecule has 182 valence electrons. The molecular formula is C22H30N8O4. The number of nitrogen functional groups attached to an aromatic ring is 1. The van der Waals surface area contributed by atoms with Crippen LogP contribution in [0.25, 0.3) is 22.1 Å². The van der Waals surface area contributed by atoms with E-state index in [1.807, 2.05) is 10.6 Å². The van der Waals surface area contributed by atoms with Gasteiger partial charge in [-0.25, -0.2) is 24.5 Å². The molecule has 2 amide bonds. The highest BCUT2D eigenvalue weighted by Gasteiger charge is 2.35. The summed E-state index contributed by atoms with van der Waals surface area (Å²) in [5, 5.41) is 11.6. The van der Waals surface area contributed by atoms with Gasteiger partial charge in [-0.1, -0.05) is 0 Å². The lowest BCUT2D eigenvalue weighted by Crippen LogP contribution is -2.56. The number of nitrogens with one attached hydrogen (secondary N) is 1. The molecule has 0 aliphatic carbocycles. The number of fused-ring (bicyclic) bond motifs is 3. The first kappa shape index (κ1) is 24.7. The van der Waals surface area contributed by atoms with Crippen molar-refractivity contribution in [3.63, 3.8) is 0 Å². The summed E-state index contributed by atoms with van der Waals surface area (Å²) in [6, 6.07) is 3.58. The summed E-state index contributed by atoms with van der Waals surface area (Å²) in [5.74, 6) is 0.151. The predicted octanol–water partition coefficient (Wildman–Crippen LogP) is 3.22. The molecule has 3 aromatic heterocycles. The summed E-state index contributed by atoms with van der Waals surface area (Å²) in [5.41, 5.74) is 6.97. The van der Waals surface area contributed by atoms with Crippen LogP contribution >= 0.6 is 0 Å². The van der Waals surface area contributed by atoms with Gasteiger partial charge in [0.2, 0.25) is 5.96 Å². The average Bonchev–Trinajstić information content (AvgIpc) is 3.10. The minimum absolute atomic E-state index is 0.132. The van der Waals surface area contributed by atoms with Crippen molar-refractivity contribution in [3.8, 4) is 0 Å². The Morgan fingerprint density at radius 1 is 1.21 bits per heavy atom. The average molecular weight is 471 g/mol. The van der Waals surface area contributed by atoms with E-state index in [-0.39, 0.29) is 18.3 Å². The van der Waals surface area contributed by atoms with E-state index in [4.69, 9.17) is 10.5 Å². The molecule has 0 atom stereocenters. The van der Waals surface area contributed by atoms with Crippen LogP contribution in [0.2, 0.25) is 0 Å². The van der Waals surface area contributed by atoms with Gasteiger partial charge in [0.25, 0.3) is 0 Å². The zero-order valence-electron chi connectivity index (χ0n) is 20.2. The highest BCUT2D eigenvalue weighted by atomic mass is 16.6. The first-order valence-electron chi connectivity index (χ1n) is 10.7. The lowest BCUT2D eigenvalue weighted by molar-refractivity contribution is 0.0242. The number of nitrogens with two attached hydrogens (primary N) is 1. The number of rotatable bonds is 3. The highest BCUT2D eigenvalue weighted by molar-refractivity contribution is 6.04. The van der Waals surface area contributed by atoms with Crippen LogP contribution in [0.4, 0.5) is 15.4 Å². The van der Waals surface area contributed by atoms with E-state index in [1.165, 1.54) is 4.90 Å². The lowest BCUT2D eigenvalue weighted by atomic mass is 10.1. The molecule has 3 aromatic rings. The molecule has 0 aliphatic heterocycles. The summed E-state index contributed by atoms with van der Waals surface area (Å²) >= 11 is 0. The minimum atomic E-state index is -1.35. The second kappa shape index (κ2) is 9.12. The second-order valence-corrected chi connectivity index (χ2v) is 9.63. The van der Waals surface area contributed by atoms with Crippen molar-refractivity contribution in [3.05, 3.63) is 24.7 Å². The Hall–Kier alpha value is -3.96. The van der Waals surface area contributed by atoms with E-state index >= 15 is 0 Å². The van der Waals surface area contributed by atoms with Gasteiger partial charge in [0.15, 0.2) is 5.82 Å². The van der Waals surface area contributed by atoms with Crippen LogP contribution in [0.15, 0.2) is 29.6 Å². The van der Waals surface area contributed by atoms with Crippen LogP contribution in [0.3, 0.4) is 0 Å². The van der Waals surface area contributed by atoms with E-state index in [0.717, 1.165) is 0 Å². The standard InChI is InChI=1S/C22H30N8O4/c1-21(2,3)30(20(33)34-22(4,5)6)18(28-19(31)32)25-10-11-29-12-26-15-16(29)14-13(27-17(15)23)8-7-9-24-14/h7-9,12H,10-11H2,1-6H3,(H2,23,27)(H,25,28)(H,31,32). The van der Waals surface area contributed by atoms with Gasteiger partial charge >= 0.3 is 12.2 Å². The first-order valence-corrected chi connectivity index (χ1v) is 10.7. The molecule has 0 aromatic carbocycles. The fourth-order valence-corrected chi connectivity index (χ4v) is 3.35. The summed E-state index contributed by atoms with van der Waals surface area (Å²) in [4.78, 5) is 43.1. The van der Waals surface area contributed by atoms with Gasteiger partial charge in [-0.15, -0.1) is 0 Å². The molecule has 0 saturated carbocycles. The molecule has 0 aliphatic rings. The molecule has 0 radical (unpaired) electrons. The summed E-state index contributed by atoms with van der Waals surface area (Å²) < 4.78 is 7.31. The SMILES string of the molecule is CC(C)(C)OC(=O)N(C(=NCCn1cnc2c(N)nc3cccnc3c21)NC(=O)O)C(C)(C)C. The van der Waals surface area contributed by atoms with Crippen LogP contribution in [0.5, 0.6) is 0 Å². The quantitative estimate of drug-likeness (QED) is 0.388. The number of ether oxygens (including phenoxy) is 1. The Morgan fingerprint density at radius 2 is 1.91 bits per heavy atom. The molecular weight excluding hydrogens is 440 g/mol. The zero-order valence-corrected chi connectivity index (χ0v) is 20.2. The molecule has 0 bridgehead atoms. The van der Waals surface area contributed by atoms with E-state index in [0.29, 0.717) is 28.6 Å². The predicted molar refractivity (Wildman–Crippen MR) is 129 cm³/mol. The third kappa shape index (κ3) is 5.50. The van der Waals surface area contributed by atoms with Gasteiger partial charge in [0.05, 0.1) is 18.4 Å². The van der Waals surface area contributed by atoms with E-state index < -0.39 is 23.3 Å². The summed E-state index contributed by atoms with van der Waals surface area (Å²) in [7, 11) is 0. The monoisotopic (exact) mass is 470 g/mol.